The fourth-order valence-corrected chi connectivity index (χ4v) is 3.36. The molecule has 1 aliphatic rings. The van der Waals surface area contributed by atoms with E-state index in [0.717, 1.165) is 42.7 Å². The number of imidazole rings is 1. The van der Waals surface area contributed by atoms with E-state index in [0.29, 0.717) is 5.92 Å². The zero-order valence-electron chi connectivity index (χ0n) is 11.8. The van der Waals surface area contributed by atoms with Gasteiger partial charge < -0.3 is 4.74 Å². The van der Waals surface area contributed by atoms with Crippen LogP contribution < -0.4 is 5.69 Å². The molecule has 1 aromatic carbocycles. The average molecular weight is 295 g/mol. The average Bonchev–Trinajstić information content (AvgIpc) is 2.72. The second-order valence-corrected chi connectivity index (χ2v) is 5.97. The molecule has 5 heteroatoms. The van der Waals surface area contributed by atoms with Gasteiger partial charge in [-0.05, 0) is 36.5 Å². The summed E-state index contributed by atoms with van der Waals surface area (Å²) in [5.41, 5.74) is 2.96. The van der Waals surface area contributed by atoms with Crippen LogP contribution in [0.2, 0.25) is 0 Å². The number of nitrogens with zero attached hydrogens (tertiary/aromatic N) is 2. The summed E-state index contributed by atoms with van der Waals surface area (Å²) in [5.74, 6) is 0.448. The standard InChI is InChI=1S/C15H19ClN2O2/c1-17-12-4-3-11(9-13(12)18(2)15(17)19)14(16)10-5-7-20-8-6-10/h3-4,9-10,14H,5-8H2,1-2H3. The Morgan fingerprint density at radius 3 is 2.55 bits per heavy atom. The third-order valence-corrected chi connectivity index (χ3v) is 4.90. The first-order valence-corrected chi connectivity index (χ1v) is 7.40. The molecule has 0 aliphatic carbocycles. The molecule has 1 atom stereocenters. The minimum atomic E-state index is -0.0152. The van der Waals surface area contributed by atoms with Crippen LogP contribution in [-0.4, -0.2) is 22.3 Å². The summed E-state index contributed by atoms with van der Waals surface area (Å²) in [6, 6.07) is 6.07. The summed E-state index contributed by atoms with van der Waals surface area (Å²) < 4.78 is 8.72. The largest absolute Gasteiger partial charge is 0.381 e. The maximum atomic E-state index is 11.9. The van der Waals surface area contributed by atoms with Gasteiger partial charge in [0, 0.05) is 27.3 Å². The fraction of sp³-hybridized carbons (Fsp3) is 0.533. The number of fused-ring (bicyclic) bond motifs is 1. The second kappa shape index (κ2) is 5.26. The van der Waals surface area contributed by atoms with Crippen LogP contribution in [0.3, 0.4) is 0 Å². The molecular formula is C15H19ClN2O2. The molecule has 0 radical (unpaired) electrons. The first-order chi connectivity index (χ1) is 9.59. The number of aryl methyl sites for hydroxylation is 2. The van der Waals surface area contributed by atoms with E-state index in [1.165, 1.54) is 0 Å². The van der Waals surface area contributed by atoms with Gasteiger partial charge in [0.25, 0.3) is 0 Å². The molecule has 108 valence electrons. The summed E-state index contributed by atoms with van der Waals surface area (Å²) in [4.78, 5) is 11.9. The molecular weight excluding hydrogens is 276 g/mol. The summed E-state index contributed by atoms with van der Waals surface area (Å²) in [5, 5.41) is -0.0152. The van der Waals surface area contributed by atoms with Gasteiger partial charge in [0.05, 0.1) is 16.4 Å². The molecule has 1 saturated heterocycles. The second-order valence-electron chi connectivity index (χ2n) is 5.50. The van der Waals surface area contributed by atoms with Crippen molar-refractivity contribution in [3.05, 3.63) is 34.2 Å². The van der Waals surface area contributed by atoms with Crippen LogP contribution >= 0.6 is 11.6 Å². The molecule has 0 saturated carbocycles. The number of benzene rings is 1. The third kappa shape index (κ3) is 2.17. The predicted octanol–water partition coefficient (Wildman–Crippen LogP) is 2.58. The van der Waals surface area contributed by atoms with Gasteiger partial charge in [-0.2, -0.15) is 0 Å². The maximum absolute atomic E-state index is 11.9. The number of hydrogen-bond acceptors (Lipinski definition) is 2. The highest BCUT2D eigenvalue weighted by Gasteiger charge is 2.24. The lowest BCUT2D eigenvalue weighted by Gasteiger charge is -2.26. The van der Waals surface area contributed by atoms with Crippen molar-refractivity contribution in [3.63, 3.8) is 0 Å². The van der Waals surface area contributed by atoms with Crippen molar-refractivity contribution < 1.29 is 4.74 Å². The highest BCUT2D eigenvalue weighted by atomic mass is 35.5. The number of halogens is 1. The lowest BCUT2D eigenvalue weighted by Crippen LogP contribution is -2.19. The zero-order valence-corrected chi connectivity index (χ0v) is 12.6. The van der Waals surface area contributed by atoms with Crippen molar-refractivity contribution in [1.29, 1.82) is 0 Å². The van der Waals surface area contributed by atoms with Gasteiger partial charge in [-0.25, -0.2) is 4.79 Å². The monoisotopic (exact) mass is 294 g/mol. The van der Waals surface area contributed by atoms with Gasteiger partial charge in [0.2, 0.25) is 0 Å². The lowest BCUT2D eigenvalue weighted by atomic mass is 9.91. The van der Waals surface area contributed by atoms with Crippen LogP contribution in [0.4, 0.5) is 0 Å². The molecule has 0 amide bonds. The number of ether oxygens (including phenoxy) is 1. The van der Waals surface area contributed by atoms with E-state index in [9.17, 15) is 4.79 Å². The SMILES string of the molecule is Cn1c(=O)n(C)c2cc(C(Cl)C3CCOCC3)ccc21. The topological polar surface area (TPSA) is 36.2 Å². The number of hydrogen-bond donors (Lipinski definition) is 0. The molecule has 2 heterocycles. The van der Waals surface area contributed by atoms with Gasteiger partial charge in [0.1, 0.15) is 0 Å². The van der Waals surface area contributed by atoms with E-state index in [1.54, 1.807) is 23.2 Å². The summed E-state index contributed by atoms with van der Waals surface area (Å²) in [7, 11) is 3.59. The van der Waals surface area contributed by atoms with Crippen molar-refractivity contribution in [2.75, 3.05) is 13.2 Å². The molecule has 2 aromatic rings. The van der Waals surface area contributed by atoms with Crippen molar-refractivity contribution in [2.45, 2.75) is 18.2 Å². The van der Waals surface area contributed by atoms with E-state index >= 15 is 0 Å². The molecule has 1 fully saturated rings. The van der Waals surface area contributed by atoms with E-state index in [-0.39, 0.29) is 11.1 Å². The molecule has 20 heavy (non-hydrogen) atoms. The maximum Gasteiger partial charge on any atom is 0.328 e. The minimum absolute atomic E-state index is 0.00524. The van der Waals surface area contributed by atoms with Gasteiger partial charge >= 0.3 is 5.69 Å². The molecule has 1 unspecified atom stereocenters. The van der Waals surface area contributed by atoms with Crippen LogP contribution in [0.15, 0.2) is 23.0 Å². The van der Waals surface area contributed by atoms with Crippen LogP contribution in [0, 0.1) is 5.92 Å². The molecule has 0 bridgehead atoms. The highest BCUT2D eigenvalue weighted by molar-refractivity contribution is 6.21. The number of rotatable bonds is 2. The van der Waals surface area contributed by atoms with Crippen molar-refractivity contribution in [1.82, 2.24) is 9.13 Å². The first kappa shape index (κ1) is 13.7. The molecule has 3 rings (SSSR count). The summed E-state index contributed by atoms with van der Waals surface area (Å²) >= 11 is 6.63. The Bertz CT molecular complexity index is 683. The number of alkyl halides is 1. The number of aromatic nitrogens is 2. The molecule has 0 spiro atoms. The fourth-order valence-electron chi connectivity index (χ4n) is 2.98. The van der Waals surface area contributed by atoms with Crippen molar-refractivity contribution in [3.8, 4) is 0 Å². The normalized spacial score (nSPS) is 18.6. The Labute approximate surface area is 122 Å². The quantitative estimate of drug-likeness (QED) is 0.798. The Balaban J connectivity index is 2.00. The van der Waals surface area contributed by atoms with Gasteiger partial charge in [0.15, 0.2) is 0 Å². The lowest BCUT2D eigenvalue weighted by molar-refractivity contribution is 0.0651. The van der Waals surface area contributed by atoms with Crippen molar-refractivity contribution in [2.24, 2.45) is 20.0 Å². The smallest absolute Gasteiger partial charge is 0.328 e. The van der Waals surface area contributed by atoms with Crippen LogP contribution in [0.5, 0.6) is 0 Å². The molecule has 1 aliphatic heterocycles. The van der Waals surface area contributed by atoms with Crippen LogP contribution in [-0.2, 0) is 18.8 Å². The van der Waals surface area contributed by atoms with Crippen molar-refractivity contribution >= 4 is 22.6 Å². The van der Waals surface area contributed by atoms with Gasteiger partial charge in [-0.3, -0.25) is 9.13 Å². The van der Waals surface area contributed by atoms with Gasteiger partial charge in [-0.1, -0.05) is 6.07 Å². The van der Waals surface area contributed by atoms with E-state index in [1.807, 2.05) is 18.2 Å². The van der Waals surface area contributed by atoms with Crippen LogP contribution in [0.1, 0.15) is 23.8 Å². The van der Waals surface area contributed by atoms with Gasteiger partial charge in [-0.15, -0.1) is 11.6 Å². The molecule has 1 aromatic heterocycles. The Morgan fingerprint density at radius 1 is 1.20 bits per heavy atom. The molecule has 4 nitrogen and oxygen atoms in total. The van der Waals surface area contributed by atoms with E-state index in [4.69, 9.17) is 16.3 Å². The Morgan fingerprint density at radius 2 is 1.85 bits per heavy atom. The minimum Gasteiger partial charge on any atom is -0.381 e. The van der Waals surface area contributed by atoms with E-state index < -0.39 is 0 Å². The third-order valence-electron chi connectivity index (χ3n) is 4.29. The first-order valence-electron chi connectivity index (χ1n) is 6.97. The highest BCUT2D eigenvalue weighted by Crippen LogP contribution is 2.36. The summed E-state index contributed by atoms with van der Waals surface area (Å²) in [6.07, 6.45) is 2.00. The summed E-state index contributed by atoms with van der Waals surface area (Å²) in [6.45, 7) is 1.58. The zero-order chi connectivity index (χ0) is 14.3. The van der Waals surface area contributed by atoms with Crippen LogP contribution in [0.25, 0.3) is 11.0 Å². The predicted molar refractivity (Wildman–Crippen MR) is 80.3 cm³/mol. The Kier molecular flexibility index (Phi) is 3.61. The van der Waals surface area contributed by atoms with E-state index in [2.05, 4.69) is 0 Å². The Hall–Kier alpha value is -1.26. The molecule has 0 N–H and O–H groups in total.